The molecular weight excluding hydrogens is 260 g/mol. The number of allylic oxidation sites excluding steroid dienone is 2. The van der Waals surface area contributed by atoms with Crippen LogP contribution in [0.25, 0.3) is 0 Å². The Morgan fingerprint density at radius 1 is 1.42 bits per heavy atom. The van der Waals surface area contributed by atoms with Crippen LogP contribution in [0.5, 0.6) is 0 Å². The second-order valence-corrected chi connectivity index (χ2v) is 5.19. The van der Waals surface area contributed by atoms with Crippen molar-refractivity contribution in [3.8, 4) is 0 Å². The summed E-state index contributed by atoms with van der Waals surface area (Å²) < 4.78 is 1.59. The lowest BCUT2D eigenvalue weighted by Gasteiger charge is -2.07. The molecule has 0 nitrogen and oxygen atoms in total. The second-order valence-electron chi connectivity index (χ2n) is 3.81. The van der Waals surface area contributed by atoms with Crippen molar-refractivity contribution in [2.24, 2.45) is 5.92 Å². The summed E-state index contributed by atoms with van der Waals surface area (Å²) in [7, 11) is 0. The first-order chi connectivity index (χ1) is 5.83. The van der Waals surface area contributed by atoms with Gasteiger partial charge in [-0.1, -0.05) is 38.7 Å². The third kappa shape index (κ3) is 3.92. The summed E-state index contributed by atoms with van der Waals surface area (Å²) in [6, 6.07) is 0. The molecular formula is C11H19I. The fourth-order valence-electron chi connectivity index (χ4n) is 1.82. The SMILES string of the molecule is CCCCCCC1CC=[13C](I)C1. The number of unbranched alkanes of at least 4 members (excludes halogenated alkanes) is 3. The molecule has 0 aromatic rings. The Morgan fingerprint density at radius 2 is 2.25 bits per heavy atom. The van der Waals surface area contributed by atoms with E-state index in [1.807, 2.05) is 0 Å². The standard InChI is InChI=1S/C11H19I/c1-2-3-4-5-6-10-7-8-11(12)9-10/h8,10H,2-7,9H2,1H3/i11+1. The molecule has 1 aliphatic carbocycles. The van der Waals surface area contributed by atoms with Crippen molar-refractivity contribution in [2.75, 3.05) is 0 Å². The largest absolute Gasteiger partial charge is 0.0749 e. The minimum atomic E-state index is 0.994. The highest BCUT2D eigenvalue weighted by Gasteiger charge is 2.14. The van der Waals surface area contributed by atoms with Crippen LogP contribution < -0.4 is 0 Å². The highest BCUT2D eigenvalue weighted by molar-refractivity contribution is 14.1. The smallest absolute Gasteiger partial charge is 0.0131 e. The summed E-state index contributed by atoms with van der Waals surface area (Å²) in [6.45, 7) is 2.28. The topological polar surface area (TPSA) is 0 Å². The molecule has 1 heteroatoms. The second kappa shape index (κ2) is 6.01. The number of hydrogen-bond acceptors (Lipinski definition) is 0. The highest BCUT2D eigenvalue weighted by atomic mass is 127. The lowest BCUT2D eigenvalue weighted by Crippen LogP contribution is -1.93. The normalized spacial score (nSPS) is 22.8. The molecule has 12 heavy (non-hydrogen) atoms. The summed E-state index contributed by atoms with van der Waals surface area (Å²) in [5, 5.41) is 0. The molecule has 0 aromatic carbocycles. The molecule has 0 aliphatic heterocycles. The van der Waals surface area contributed by atoms with Gasteiger partial charge in [-0.2, -0.15) is 0 Å². The molecule has 0 radical (unpaired) electrons. The van der Waals surface area contributed by atoms with Crippen molar-refractivity contribution >= 4 is 22.6 Å². The number of halogens is 1. The van der Waals surface area contributed by atoms with Crippen LogP contribution in [0, 0.1) is 5.92 Å². The molecule has 0 saturated carbocycles. The fourth-order valence-corrected chi connectivity index (χ4v) is 2.69. The lowest BCUT2D eigenvalue weighted by atomic mass is 10.00. The zero-order valence-electron chi connectivity index (χ0n) is 7.98. The number of rotatable bonds is 5. The zero-order valence-corrected chi connectivity index (χ0v) is 10.1. The Hall–Kier alpha value is 0.470. The Kier molecular flexibility index (Phi) is 5.28. The zero-order chi connectivity index (χ0) is 8.81. The van der Waals surface area contributed by atoms with E-state index in [0.717, 1.165) is 5.92 Å². The first-order valence-corrected chi connectivity index (χ1v) is 6.25. The fraction of sp³-hybridized carbons (Fsp3) is 0.818. The van der Waals surface area contributed by atoms with Gasteiger partial charge in [0.2, 0.25) is 0 Å². The molecule has 0 bridgehead atoms. The van der Waals surface area contributed by atoms with Crippen LogP contribution in [-0.4, -0.2) is 0 Å². The van der Waals surface area contributed by atoms with Crippen LogP contribution in [0.2, 0.25) is 0 Å². The summed E-state index contributed by atoms with van der Waals surface area (Å²) in [5.41, 5.74) is 0. The minimum Gasteiger partial charge on any atom is -0.0749 e. The van der Waals surface area contributed by atoms with Crippen molar-refractivity contribution < 1.29 is 0 Å². The van der Waals surface area contributed by atoms with Crippen molar-refractivity contribution in [2.45, 2.75) is 51.9 Å². The molecule has 0 amide bonds. The van der Waals surface area contributed by atoms with Gasteiger partial charge in [-0.3, -0.25) is 0 Å². The predicted octanol–water partition coefficient (Wildman–Crippen LogP) is 4.69. The van der Waals surface area contributed by atoms with Crippen LogP contribution >= 0.6 is 22.6 Å². The van der Waals surface area contributed by atoms with E-state index in [-0.39, 0.29) is 0 Å². The molecule has 1 unspecified atom stereocenters. The molecule has 1 aliphatic rings. The first kappa shape index (κ1) is 10.6. The van der Waals surface area contributed by atoms with Gasteiger partial charge in [-0.25, -0.2) is 0 Å². The van der Waals surface area contributed by atoms with Crippen molar-refractivity contribution in [1.29, 1.82) is 0 Å². The van der Waals surface area contributed by atoms with Gasteiger partial charge in [0.1, 0.15) is 0 Å². The van der Waals surface area contributed by atoms with Crippen LogP contribution in [0.3, 0.4) is 0 Å². The van der Waals surface area contributed by atoms with Gasteiger partial charge in [-0.15, -0.1) is 0 Å². The molecule has 0 heterocycles. The quantitative estimate of drug-likeness (QED) is 0.389. The van der Waals surface area contributed by atoms with Crippen LogP contribution in [0.1, 0.15) is 51.9 Å². The molecule has 0 spiro atoms. The van der Waals surface area contributed by atoms with Gasteiger partial charge in [0.05, 0.1) is 0 Å². The molecule has 70 valence electrons. The Bertz CT molecular complexity index is 149. The average molecular weight is 279 g/mol. The van der Waals surface area contributed by atoms with Gasteiger partial charge < -0.3 is 0 Å². The maximum atomic E-state index is 2.48. The first-order valence-electron chi connectivity index (χ1n) is 5.17. The summed E-state index contributed by atoms with van der Waals surface area (Å²) in [4.78, 5) is 0. The third-order valence-electron chi connectivity index (χ3n) is 2.62. The average Bonchev–Trinajstić information content (AvgIpc) is 2.45. The van der Waals surface area contributed by atoms with Crippen LogP contribution in [0.4, 0.5) is 0 Å². The van der Waals surface area contributed by atoms with E-state index in [9.17, 15) is 0 Å². The van der Waals surface area contributed by atoms with E-state index in [2.05, 4.69) is 35.6 Å². The van der Waals surface area contributed by atoms with Gasteiger partial charge in [-0.05, 0) is 51.4 Å². The summed E-state index contributed by atoms with van der Waals surface area (Å²) in [5.74, 6) is 0.994. The molecule has 1 atom stereocenters. The van der Waals surface area contributed by atoms with E-state index < -0.39 is 0 Å². The minimum absolute atomic E-state index is 0.994. The number of hydrogen-bond donors (Lipinski definition) is 0. The summed E-state index contributed by atoms with van der Waals surface area (Å²) >= 11 is 2.48. The third-order valence-corrected chi connectivity index (χ3v) is 3.50. The van der Waals surface area contributed by atoms with Crippen LogP contribution in [-0.2, 0) is 0 Å². The van der Waals surface area contributed by atoms with E-state index in [4.69, 9.17) is 0 Å². The summed E-state index contributed by atoms with van der Waals surface area (Å²) in [6.07, 6.45) is 12.3. The Balaban J connectivity index is 1.95. The predicted molar refractivity (Wildman–Crippen MR) is 63.6 cm³/mol. The Labute approximate surface area is 90.0 Å². The van der Waals surface area contributed by atoms with E-state index in [1.165, 1.54) is 44.9 Å². The van der Waals surface area contributed by atoms with Crippen LogP contribution in [0.15, 0.2) is 9.66 Å². The molecule has 0 saturated heterocycles. The van der Waals surface area contributed by atoms with Gasteiger partial charge >= 0.3 is 0 Å². The molecule has 1 rings (SSSR count). The lowest BCUT2D eigenvalue weighted by molar-refractivity contribution is 0.479. The van der Waals surface area contributed by atoms with E-state index >= 15 is 0 Å². The van der Waals surface area contributed by atoms with E-state index in [0.29, 0.717) is 0 Å². The van der Waals surface area contributed by atoms with Crippen molar-refractivity contribution in [1.82, 2.24) is 0 Å². The van der Waals surface area contributed by atoms with E-state index in [1.54, 1.807) is 3.58 Å². The molecule has 0 fully saturated rings. The molecule has 0 aromatic heterocycles. The van der Waals surface area contributed by atoms with Crippen molar-refractivity contribution in [3.05, 3.63) is 9.66 Å². The van der Waals surface area contributed by atoms with Crippen molar-refractivity contribution in [3.63, 3.8) is 0 Å². The molecule has 0 N–H and O–H groups in total. The van der Waals surface area contributed by atoms with Gasteiger partial charge in [0.15, 0.2) is 0 Å². The van der Waals surface area contributed by atoms with Gasteiger partial charge in [0, 0.05) is 0 Å². The maximum Gasteiger partial charge on any atom is -0.0131 e. The highest BCUT2D eigenvalue weighted by Crippen LogP contribution is 2.32. The van der Waals surface area contributed by atoms with Gasteiger partial charge in [0.25, 0.3) is 0 Å². The Morgan fingerprint density at radius 3 is 2.83 bits per heavy atom. The maximum absolute atomic E-state index is 2.48. The monoisotopic (exact) mass is 279 g/mol.